The number of amides is 3. The zero-order valence-electron chi connectivity index (χ0n) is 30.7. The summed E-state index contributed by atoms with van der Waals surface area (Å²) in [6.45, 7) is 2.84. The van der Waals surface area contributed by atoms with Crippen LogP contribution < -0.4 is 21.7 Å². The van der Waals surface area contributed by atoms with Gasteiger partial charge >= 0.3 is 5.97 Å². The topological polar surface area (TPSA) is 198 Å². The van der Waals surface area contributed by atoms with Gasteiger partial charge in [-0.2, -0.15) is 0 Å². The summed E-state index contributed by atoms with van der Waals surface area (Å²) in [4.78, 5) is 72.9. The van der Waals surface area contributed by atoms with Crippen molar-refractivity contribution >= 4 is 23.7 Å². The van der Waals surface area contributed by atoms with Crippen LogP contribution in [0.25, 0.3) is 0 Å². The van der Waals surface area contributed by atoms with Crippen LogP contribution in [-0.2, 0) is 50.1 Å². The number of esters is 1. The lowest BCUT2D eigenvalue weighted by Crippen LogP contribution is -2.51. The molecule has 4 heterocycles. The minimum absolute atomic E-state index is 0.265. The Kier molecular flexibility index (Phi) is 17.6. The van der Waals surface area contributed by atoms with Gasteiger partial charge in [0.25, 0.3) is 0 Å². The molecule has 4 aromatic heterocycles. The number of carbonyl (C=O) groups excluding carboxylic acids is 4. The quantitative estimate of drug-likeness (QED) is 0.0806. The van der Waals surface area contributed by atoms with Gasteiger partial charge in [0, 0.05) is 51.0 Å². The lowest BCUT2D eigenvalue weighted by Gasteiger charge is -2.24. The maximum atomic E-state index is 13.1. The normalized spacial score (nSPS) is 12.1. The average molecular weight is 739 g/mol. The van der Waals surface area contributed by atoms with Crippen LogP contribution in [0.3, 0.4) is 0 Å². The highest BCUT2D eigenvalue weighted by Crippen LogP contribution is 2.11. The van der Waals surface area contributed by atoms with E-state index in [1.807, 2.05) is 72.8 Å². The third-order valence-corrected chi connectivity index (χ3v) is 8.45. The van der Waals surface area contributed by atoms with Crippen LogP contribution in [-0.4, -0.2) is 98.8 Å². The molecule has 54 heavy (non-hydrogen) atoms. The predicted molar refractivity (Wildman–Crippen MR) is 202 cm³/mol. The Balaban J connectivity index is 1.27. The Morgan fingerprint density at radius 3 is 1.46 bits per heavy atom. The molecule has 0 spiro atoms. The first-order chi connectivity index (χ1) is 26.3. The van der Waals surface area contributed by atoms with Crippen LogP contribution in [0.1, 0.15) is 48.5 Å². The molecule has 0 saturated carbocycles. The van der Waals surface area contributed by atoms with Crippen molar-refractivity contribution in [3.05, 3.63) is 120 Å². The summed E-state index contributed by atoms with van der Waals surface area (Å²) in [5.41, 5.74) is 9.83. The van der Waals surface area contributed by atoms with E-state index in [0.29, 0.717) is 58.5 Å². The lowest BCUT2D eigenvalue weighted by atomic mass is 10.1. The van der Waals surface area contributed by atoms with Gasteiger partial charge in [0.15, 0.2) is 0 Å². The molecule has 3 amide bonds. The standard InChI is InChI=1S/C39H50N10O5/c1-54-37(51)25-46-39(53)35(17-11-23-49(28-32-14-4-8-20-43-32)29-33-15-5-9-21-44-33)47-36(50)24-45-38(52)34(40)16-10-22-48(26-30-12-2-6-18-41-30)27-31-13-3-7-19-42-31/h2-9,12-15,18-21,34-35H,10-11,16-17,22-29,40H2,1H3,(H,45,52)(H,46,53)(H,47,50)/t34-,35+/m0/s1. The number of pyridine rings is 4. The van der Waals surface area contributed by atoms with Crippen molar-refractivity contribution < 1.29 is 23.9 Å². The number of aromatic nitrogens is 4. The minimum atomic E-state index is -0.969. The van der Waals surface area contributed by atoms with Gasteiger partial charge in [0.05, 0.1) is 42.5 Å². The Labute approximate surface area is 316 Å². The third kappa shape index (κ3) is 15.5. The molecule has 2 atom stereocenters. The molecule has 4 rings (SSSR count). The molecule has 0 saturated heterocycles. The number of methoxy groups -OCH3 is 1. The molecule has 0 aliphatic rings. The van der Waals surface area contributed by atoms with Crippen LogP contribution in [0.4, 0.5) is 0 Å². The summed E-state index contributed by atoms with van der Waals surface area (Å²) >= 11 is 0. The van der Waals surface area contributed by atoms with Gasteiger partial charge in [0.1, 0.15) is 12.6 Å². The van der Waals surface area contributed by atoms with Gasteiger partial charge in [-0.05, 0) is 87.3 Å². The molecule has 0 aliphatic heterocycles. The van der Waals surface area contributed by atoms with Gasteiger partial charge < -0.3 is 26.4 Å². The molecule has 5 N–H and O–H groups in total. The zero-order chi connectivity index (χ0) is 38.4. The molecule has 0 bridgehead atoms. The van der Waals surface area contributed by atoms with E-state index in [9.17, 15) is 19.2 Å². The van der Waals surface area contributed by atoms with Crippen LogP contribution in [0.5, 0.6) is 0 Å². The first-order valence-corrected chi connectivity index (χ1v) is 18.0. The van der Waals surface area contributed by atoms with Crippen molar-refractivity contribution in [2.24, 2.45) is 5.73 Å². The van der Waals surface area contributed by atoms with E-state index in [1.165, 1.54) is 7.11 Å². The fourth-order valence-electron chi connectivity index (χ4n) is 5.66. The van der Waals surface area contributed by atoms with E-state index >= 15 is 0 Å². The average Bonchev–Trinajstić information content (AvgIpc) is 3.19. The van der Waals surface area contributed by atoms with Gasteiger partial charge in [0.2, 0.25) is 17.7 Å². The van der Waals surface area contributed by atoms with Crippen molar-refractivity contribution in [3.8, 4) is 0 Å². The van der Waals surface area contributed by atoms with Crippen LogP contribution in [0.15, 0.2) is 97.6 Å². The number of carbonyl (C=O) groups is 4. The molecule has 0 fully saturated rings. The molecule has 15 nitrogen and oxygen atoms in total. The smallest absolute Gasteiger partial charge is 0.325 e. The van der Waals surface area contributed by atoms with Crippen LogP contribution in [0.2, 0.25) is 0 Å². The lowest BCUT2D eigenvalue weighted by molar-refractivity contribution is -0.141. The largest absolute Gasteiger partial charge is 0.468 e. The Hall–Kier alpha value is -5.64. The van der Waals surface area contributed by atoms with Crippen LogP contribution >= 0.6 is 0 Å². The molecule has 15 heteroatoms. The third-order valence-electron chi connectivity index (χ3n) is 8.45. The minimum Gasteiger partial charge on any atom is -0.468 e. The van der Waals surface area contributed by atoms with Crippen molar-refractivity contribution in [1.82, 2.24) is 45.7 Å². The summed E-state index contributed by atoms with van der Waals surface area (Å²) in [5, 5.41) is 7.83. The van der Waals surface area contributed by atoms with E-state index in [0.717, 1.165) is 22.8 Å². The summed E-state index contributed by atoms with van der Waals surface area (Å²) in [7, 11) is 1.22. The zero-order valence-corrected chi connectivity index (χ0v) is 30.7. The molecule has 0 radical (unpaired) electrons. The van der Waals surface area contributed by atoms with Gasteiger partial charge in [-0.15, -0.1) is 0 Å². The van der Waals surface area contributed by atoms with Gasteiger partial charge in [-0.25, -0.2) is 0 Å². The second-order valence-corrected chi connectivity index (χ2v) is 12.7. The highest BCUT2D eigenvalue weighted by atomic mass is 16.5. The number of nitrogens with one attached hydrogen (secondary N) is 3. The van der Waals surface area contributed by atoms with Crippen molar-refractivity contribution in [3.63, 3.8) is 0 Å². The number of hydrogen-bond acceptors (Lipinski definition) is 12. The SMILES string of the molecule is COC(=O)CNC(=O)[C@@H](CCCN(Cc1ccccn1)Cc1ccccn1)NC(=O)CNC(=O)[C@@H](N)CCCN(Cc1ccccn1)Cc1ccccn1. The fourth-order valence-corrected chi connectivity index (χ4v) is 5.66. The summed E-state index contributed by atoms with van der Waals surface area (Å²) < 4.78 is 4.64. The Morgan fingerprint density at radius 2 is 1.06 bits per heavy atom. The number of ether oxygens (including phenoxy) is 1. The second kappa shape index (κ2) is 23.1. The summed E-state index contributed by atoms with van der Waals surface area (Å²) in [6, 6.07) is 21.2. The Bertz CT molecular complexity index is 1620. The van der Waals surface area contributed by atoms with Crippen molar-refractivity contribution in [2.75, 3.05) is 33.3 Å². The number of nitrogens with zero attached hydrogens (tertiary/aromatic N) is 6. The number of nitrogens with two attached hydrogens (primary N) is 1. The molecule has 286 valence electrons. The van der Waals surface area contributed by atoms with E-state index in [1.54, 1.807) is 24.8 Å². The highest BCUT2D eigenvalue weighted by Gasteiger charge is 2.23. The molecule has 0 aliphatic carbocycles. The molecular formula is C39H50N10O5. The monoisotopic (exact) mass is 738 g/mol. The van der Waals surface area contributed by atoms with E-state index < -0.39 is 35.8 Å². The van der Waals surface area contributed by atoms with Crippen molar-refractivity contribution in [2.45, 2.75) is 63.9 Å². The second-order valence-electron chi connectivity index (χ2n) is 12.7. The Morgan fingerprint density at radius 1 is 0.630 bits per heavy atom. The first-order valence-electron chi connectivity index (χ1n) is 18.0. The molecule has 4 aromatic rings. The van der Waals surface area contributed by atoms with Gasteiger partial charge in [-0.1, -0.05) is 24.3 Å². The fraction of sp³-hybridized carbons (Fsp3) is 0.385. The van der Waals surface area contributed by atoms with E-state index in [-0.39, 0.29) is 19.5 Å². The number of rotatable bonds is 23. The molecule has 0 unspecified atom stereocenters. The van der Waals surface area contributed by atoms with E-state index in [2.05, 4.69) is 50.4 Å². The van der Waals surface area contributed by atoms with Gasteiger partial charge in [-0.3, -0.25) is 48.9 Å². The molecule has 0 aromatic carbocycles. The summed E-state index contributed by atoms with van der Waals surface area (Å²) in [6.07, 6.45) is 8.78. The van der Waals surface area contributed by atoms with Crippen LogP contribution in [0, 0.1) is 0 Å². The predicted octanol–water partition coefficient (Wildman–Crippen LogP) is 1.75. The maximum absolute atomic E-state index is 13.1. The van der Waals surface area contributed by atoms with E-state index in [4.69, 9.17) is 5.73 Å². The first kappa shape index (κ1) is 41.1. The molecular weight excluding hydrogens is 688 g/mol. The van der Waals surface area contributed by atoms with Crippen molar-refractivity contribution in [1.29, 1.82) is 0 Å². The highest BCUT2D eigenvalue weighted by molar-refractivity contribution is 5.92. The number of hydrogen-bond donors (Lipinski definition) is 4. The summed E-state index contributed by atoms with van der Waals surface area (Å²) in [5.74, 6) is -2.20. The maximum Gasteiger partial charge on any atom is 0.325 e.